The Balaban J connectivity index is 2.04. The van der Waals surface area contributed by atoms with Gasteiger partial charge in [-0.3, -0.25) is 11.3 Å². The number of benzene rings is 1. The second-order valence-electron chi connectivity index (χ2n) is 4.38. The maximum Gasteiger partial charge on any atom is 0.261 e. The predicted molar refractivity (Wildman–Crippen MR) is 72.9 cm³/mol. The number of halogens is 2. The summed E-state index contributed by atoms with van der Waals surface area (Å²) in [7, 11) is 0. The van der Waals surface area contributed by atoms with Crippen LogP contribution in [0.3, 0.4) is 0 Å². The second-order valence-corrected chi connectivity index (χ2v) is 4.38. The van der Waals surface area contributed by atoms with Crippen LogP contribution >= 0.6 is 0 Å². The smallest absolute Gasteiger partial charge is 0.261 e. The molecule has 1 atom stereocenters. The lowest BCUT2D eigenvalue weighted by atomic mass is 10.1. The van der Waals surface area contributed by atoms with Gasteiger partial charge in [0, 0.05) is 6.61 Å². The molecule has 0 aliphatic heterocycles. The Morgan fingerprint density at radius 2 is 2.05 bits per heavy atom. The van der Waals surface area contributed by atoms with Crippen LogP contribution in [0, 0.1) is 0 Å². The summed E-state index contributed by atoms with van der Waals surface area (Å²) in [6.45, 7) is -0.410. The van der Waals surface area contributed by atoms with E-state index >= 15 is 0 Å². The molecule has 2 aromatic rings. The molecule has 0 bridgehead atoms. The van der Waals surface area contributed by atoms with E-state index in [9.17, 15) is 8.78 Å². The number of nitrogens with two attached hydrogens (primary N) is 1. The molecule has 1 unspecified atom stereocenters. The molecular weight excluding hydrogens is 280 g/mol. The van der Waals surface area contributed by atoms with Crippen LogP contribution in [0.4, 0.5) is 8.78 Å². The van der Waals surface area contributed by atoms with Gasteiger partial charge >= 0.3 is 0 Å². The average Bonchev–Trinajstić information content (AvgIpc) is 2.97. The first-order valence-corrected chi connectivity index (χ1v) is 6.50. The van der Waals surface area contributed by atoms with E-state index in [0.29, 0.717) is 6.42 Å². The van der Waals surface area contributed by atoms with Gasteiger partial charge in [0.1, 0.15) is 6.61 Å². The van der Waals surface area contributed by atoms with Gasteiger partial charge in [0.25, 0.3) is 6.43 Å². The molecule has 21 heavy (non-hydrogen) atoms. The van der Waals surface area contributed by atoms with Gasteiger partial charge in [-0.25, -0.2) is 13.5 Å². The molecular formula is C13H17F2N5O. The Morgan fingerprint density at radius 3 is 2.71 bits per heavy atom. The average molecular weight is 297 g/mol. The lowest BCUT2D eigenvalue weighted by molar-refractivity contribution is 0.0142. The first-order chi connectivity index (χ1) is 10.2. The maximum atomic E-state index is 12.0. The zero-order valence-corrected chi connectivity index (χ0v) is 11.3. The molecule has 0 saturated heterocycles. The molecule has 114 valence electrons. The van der Waals surface area contributed by atoms with Crippen molar-refractivity contribution in [1.29, 1.82) is 0 Å². The van der Waals surface area contributed by atoms with Crippen molar-refractivity contribution in [2.75, 3.05) is 13.2 Å². The zero-order chi connectivity index (χ0) is 15.1. The minimum absolute atomic E-state index is 0.166. The molecule has 6 nitrogen and oxygen atoms in total. The molecule has 3 N–H and O–H groups in total. The monoisotopic (exact) mass is 297 g/mol. The number of para-hydroxylation sites is 1. The third kappa shape index (κ3) is 4.28. The van der Waals surface area contributed by atoms with E-state index < -0.39 is 13.0 Å². The van der Waals surface area contributed by atoms with Crippen molar-refractivity contribution >= 4 is 0 Å². The van der Waals surface area contributed by atoms with Gasteiger partial charge in [-0.15, -0.1) is 5.10 Å². The minimum atomic E-state index is -2.47. The minimum Gasteiger partial charge on any atom is -0.375 e. The van der Waals surface area contributed by atoms with Crippen molar-refractivity contribution in [3.05, 3.63) is 42.2 Å². The summed E-state index contributed by atoms with van der Waals surface area (Å²) in [5.74, 6) is 5.53. The summed E-state index contributed by atoms with van der Waals surface area (Å²) < 4.78 is 30.5. The van der Waals surface area contributed by atoms with Gasteiger partial charge in [0.15, 0.2) is 0 Å². The van der Waals surface area contributed by atoms with Gasteiger partial charge in [-0.2, -0.15) is 0 Å². The second kappa shape index (κ2) is 7.77. The van der Waals surface area contributed by atoms with Crippen LogP contribution in [0.5, 0.6) is 0 Å². The molecule has 0 radical (unpaired) electrons. The van der Waals surface area contributed by atoms with Gasteiger partial charge in [0.05, 0.1) is 23.6 Å². The summed E-state index contributed by atoms with van der Waals surface area (Å²) in [5, 5.41) is 7.90. The highest BCUT2D eigenvalue weighted by molar-refractivity contribution is 5.32. The maximum absolute atomic E-state index is 12.0. The highest BCUT2D eigenvalue weighted by atomic mass is 19.3. The lowest BCUT2D eigenvalue weighted by Gasteiger charge is -2.16. The number of alkyl halides is 2. The summed E-state index contributed by atoms with van der Waals surface area (Å²) in [6, 6.07) is 9.15. The van der Waals surface area contributed by atoms with Crippen LogP contribution in [0.15, 0.2) is 36.5 Å². The number of hydrazine groups is 1. The van der Waals surface area contributed by atoms with Crippen LogP contribution in [0.1, 0.15) is 18.2 Å². The summed E-state index contributed by atoms with van der Waals surface area (Å²) >= 11 is 0. The first-order valence-electron chi connectivity index (χ1n) is 6.50. The van der Waals surface area contributed by atoms with Crippen LogP contribution < -0.4 is 11.3 Å². The van der Waals surface area contributed by atoms with Crippen molar-refractivity contribution in [2.45, 2.75) is 18.9 Å². The van der Waals surface area contributed by atoms with Gasteiger partial charge in [-0.1, -0.05) is 23.4 Å². The number of aromatic nitrogens is 3. The fourth-order valence-corrected chi connectivity index (χ4v) is 1.94. The standard InChI is InChI=1S/C13H17F2N5O/c14-13(15)9-21-7-6-11(18-16)12-8-17-19-20(12)10-4-2-1-3-5-10/h1-5,8,11,13,18H,6-7,9,16H2. The third-order valence-electron chi connectivity index (χ3n) is 2.93. The first kappa shape index (κ1) is 15.5. The molecule has 1 aromatic carbocycles. The highest BCUT2D eigenvalue weighted by Gasteiger charge is 2.17. The summed E-state index contributed by atoms with van der Waals surface area (Å²) in [4.78, 5) is 0. The van der Waals surface area contributed by atoms with E-state index in [1.165, 1.54) is 0 Å². The number of nitrogens with one attached hydrogen (secondary N) is 1. The van der Waals surface area contributed by atoms with Crippen molar-refractivity contribution in [1.82, 2.24) is 20.4 Å². The fraction of sp³-hybridized carbons (Fsp3) is 0.385. The molecule has 0 aliphatic carbocycles. The van der Waals surface area contributed by atoms with E-state index in [0.717, 1.165) is 11.4 Å². The number of nitrogens with zero attached hydrogens (tertiary/aromatic N) is 3. The topological polar surface area (TPSA) is 78.0 Å². The normalized spacial score (nSPS) is 12.8. The molecule has 0 aliphatic rings. The highest BCUT2D eigenvalue weighted by Crippen LogP contribution is 2.18. The van der Waals surface area contributed by atoms with Crippen molar-refractivity contribution < 1.29 is 13.5 Å². The van der Waals surface area contributed by atoms with Crippen molar-refractivity contribution in [3.63, 3.8) is 0 Å². The third-order valence-corrected chi connectivity index (χ3v) is 2.93. The van der Waals surface area contributed by atoms with E-state index in [1.807, 2.05) is 30.3 Å². The Hall–Kier alpha value is -1.90. The number of hydrogen-bond acceptors (Lipinski definition) is 5. The fourth-order valence-electron chi connectivity index (χ4n) is 1.94. The van der Waals surface area contributed by atoms with Crippen LogP contribution in [0.25, 0.3) is 5.69 Å². The Morgan fingerprint density at radius 1 is 1.29 bits per heavy atom. The molecule has 0 fully saturated rings. The van der Waals surface area contributed by atoms with Crippen LogP contribution in [-0.2, 0) is 4.74 Å². The number of hydrogen-bond donors (Lipinski definition) is 2. The quantitative estimate of drug-likeness (QED) is 0.438. The van der Waals surface area contributed by atoms with Crippen LogP contribution in [0.2, 0.25) is 0 Å². The van der Waals surface area contributed by atoms with Crippen LogP contribution in [-0.4, -0.2) is 34.6 Å². The summed E-state index contributed by atoms with van der Waals surface area (Å²) in [6.07, 6.45) is -0.445. The Labute approximate surface area is 120 Å². The van der Waals surface area contributed by atoms with Gasteiger partial charge in [0.2, 0.25) is 0 Å². The Kier molecular flexibility index (Phi) is 5.73. The van der Waals surface area contributed by atoms with E-state index in [4.69, 9.17) is 10.6 Å². The SMILES string of the molecule is NNC(CCOCC(F)F)c1cnnn1-c1ccccc1. The molecule has 8 heteroatoms. The predicted octanol–water partition coefficient (Wildman–Crippen LogP) is 1.44. The molecule has 1 aromatic heterocycles. The molecule has 0 saturated carbocycles. The number of rotatable bonds is 8. The molecule has 0 spiro atoms. The summed E-state index contributed by atoms with van der Waals surface area (Å²) in [5.41, 5.74) is 4.22. The van der Waals surface area contributed by atoms with E-state index in [2.05, 4.69) is 15.7 Å². The zero-order valence-electron chi connectivity index (χ0n) is 11.3. The van der Waals surface area contributed by atoms with Gasteiger partial charge < -0.3 is 4.74 Å². The Bertz CT molecular complexity index is 534. The lowest BCUT2D eigenvalue weighted by Crippen LogP contribution is -2.30. The molecule has 2 rings (SSSR count). The van der Waals surface area contributed by atoms with Crippen molar-refractivity contribution in [2.24, 2.45) is 5.84 Å². The molecule has 1 heterocycles. The molecule has 0 amide bonds. The van der Waals surface area contributed by atoms with Gasteiger partial charge in [-0.05, 0) is 18.6 Å². The largest absolute Gasteiger partial charge is 0.375 e. The number of ether oxygens (including phenoxy) is 1. The van der Waals surface area contributed by atoms with E-state index in [-0.39, 0.29) is 12.6 Å². The van der Waals surface area contributed by atoms with E-state index in [1.54, 1.807) is 10.9 Å². The van der Waals surface area contributed by atoms with Crippen molar-refractivity contribution in [3.8, 4) is 5.69 Å².